The van der Waals surface area contributed by atoms with Crippen LogP contribution in [0.4, 0.5) is 0 Å². The van der Waals surface area contributed by atoms with Crippen LogP contribution < -0.4 is 0 Å². The molecule has 12 heavy (non-hydrogen) atoms. The monoisotopic (exact) mass is 202 g/mol. The molecule has 0 aliphatic heterocycles. The lowest BCUT2D eigenvalue weighted by molar-refractivity contribution is -0.0899. The highest BCUT2D eigenvalue weighted by atomic mass is 35.5. The first-order valence-corrected chi connectivity index (χ1v) is 5.36. The molecule has 66 valence electrons. The van der Waals surface area contributed by atoms with Gasteiger partial charge in [0.2, 0.25) is 0 Å². The van der Waals surface area contributed by atoms with Crippen LogP contribution in [0.15, 0.2) is 11.4 Å². The fraction of sp³-hybridized carbons (Fsp3) is 0.556. The number of rotatable bonds is 1. The third-order valence-corrected chi connectivity index (χ3v) is 4.29. The predicted molar refractivity (Wildman–Crippen MR) is 51.6 cm³/mol. The molecule has 1 aliphatic rings. The van der Waals surface area contributed by atoms with Crippen molar-refractivity contribution in [3.63, 3.8) is 0 Å². The Kier molecular flexibility index (Phi) is 1.94. The van der Waals surface area contributed by atoms with Gasteiger partial charge in [0.05, 0.1) is 9.90 Å². The van der Waals surface area contributed by atoms with E-state index in [0.29, 0.717) is 10.9 Å². The molecule has 2 rings (SSSR count). The smallest absolute Gasteiger partial charge is 0.103 e. The van der Waals surface area contributed by atoms with Gasteiger partial charge in [-0.2, -0.15) is 0 Å². The van der Waals surface area contributed by atoms with Crippen molar-refractivity contribution >= 4 is 22.9 Å². The second-order valence-corrected chi connectivity index (χ2v) is 4.78. The first-order valence-electron chi connectivity index (χ1n) is 4.10. The minimum Gasteiger partial charge on any atom is -0.384 e. The third kappa shape index (κ3) is 1.02. The summed E-state index contributed by atoms with van der Waals surface area (Å²) in [6.45, 7) is 2.07. The molecule has 0 saturated heterocycles. The van der Waals surface area contributed by atoms with Gasteiger partial charge in [0.1, 0.15) is 5.60 Å². The van der Waals surface area contributed by atoms with Crippen LogP contribution in [0.25, 0.3) is 0 Å². The van der Waals surface area contributed by atoms with Crippen molar-refractivity contribution < 1.29 is 5.11 Å². The molecular formula is C9H11ClOS. The topological polar surface area (TPSA) is 20.2 Å². The van der Waals surface area contributed by atoms with E-state index in [9.17, 15) is 5.11 Å². The molecule has 3 heteroatoms. The van der Waals surface area contributed by atoms with Crippen LogP contribution in [0.3, 0.4) is 0 Å². The molecule has 0 aromatic carbocycles. The van der Waals surface area contributed by atoms with Crippen molar-refractivity contribution in [2.24, 2.45) is 5.92 Å². The van der Waals surface area contributed by atoms with Crippen molar-refractivity contribution in [2.75, 3.05) is 0 Å². The van der Waals surface area contributed by atoms with Crippen LogP contribution >= 0.6 is 22.9 Å². The molecule has 1 nitrogen and oxygen atoms in total. The normalized spacial score (nSPS) is 34.8. The number of aliphatic hydroxyl groups is 1. The van der Waals surface area contributed by atoms with Crippen molar-refractivity contribution in [1.82, 2.24) is 0 Å². The van der Waals surface area contributed by atoms with Gasteiger partial charge in [-0.05, 0) is 30.2 Å². The van der Waals surface area contributed by atoms with Crippen LogP contribution in [-0.2, 0) is 5.60 Å². The predicted octanol–water partition coefficient (Wildman–Crippen LogP) is 3.02. The van der Waals surface area contributed by atoms with E-state index < -0.39 is 5.60 Å². The van der Waals surface area contributed by atoms with Gasteiger partial charge < -0.3 is 5.11 Å². The Morgan fingerprint density at radius 2 is 2.50 bits per heavy atom. The molecular weight excluding hydrogens is 192 g/mol. The van der Waals surface area contributed by atoms with Crippen molar-refractivity contribution in [3.05, 3.63) is 21.3 Å². The highest BCUT2D eigenvalue weighted by molar-refractivity contribution is 7.10. The van der Waals surface area contributed by atoms with E-state index in [1.54, 1.807) is 11.3 Å². The summed E-state index contributed by atoms with van der Waals surface area (Å²) in [5.41, 5.74) is -0.620. The second kappa shape index (κ2) is 2.72. The molecule has 1 fully saturated rings. The second-order valence-electron chi connectivity index (χ2n) is 3.46. The van der Waals surface area contributed by atoms with Gasteiger partial charge in [0.15, 0.2) is 0 Å². The highest BCUT2D eigenvalue weighted by Crippen LogP contribution is 2.50. The van der Waals surface area contributed by atoms with Gasteiger partial charge in [-0.3, -0.25) is 0 Å². The largest absolute Gasteiger partial charge is 0.384 e. The lowest BCUT2D eigenvalue weighted by Gasteiger charge is -2.43. The maximum Gasteiger partial charge on any atom is 0.103 e. The standard InChI is InChI=1S/C9H11ClOS/c1-6-2-4-9(6,11)8-7(10)3-5-12-8/h3,5-6,11H,2,4H2,1H3. The zero-order valence-corrected chi connectivity index (χ0v) is 8.45. The Morgan fingerprint density at radius 1 is 1.75 bits per heavy atom. The van der Waals surface area contributed by atoms with Crippen LogP contribution in [0.2, 0.25) is 5.02 Å². The van der Waals surface area contributed by atoms with Crippen LogP contribution in [0, 0.1) is 5.92 Å². The Bertz CT molecular complexity index is 296. The first kappa shape index (κ1) is 8.54. The average Bonchev–Trinajstić information content (AvgIpc) is 2.47. The highest BCUT2D eigenvalue weighted by Gasteiger charge is 2.45. The Morgan fingerprint density at radius 3 is 2.83 bits per heavy atom. The van der Waals surface area contributed by atoms with Gasteiger partial charge >= 0.3 is 0 Å². The lowest BCUT2D eigenvalue weighted by atomic mass is 9.70. The molecule has 1 saturated carbocycles. The van der Waals surface area contributed by atoms with Crippen molar-refractivity contribution in [1.29, 1.82) is 0 Å². The summed E-state index contributed by atoms with van der Waals surface area (Å²) in [5.74, 6) is 0.355. The number of thiophene rings is 1. The van der Waals surface area contributed by atoms with Gasteiger partial charge in [-0.15, -0.1) is 11.3 Å². The molecule has 2 atom stereocenters. The van der Waals surface area contributed by atoms with E-state index in [4.69, 9.17) is 11.6 Å². The summed E-state index contributed by atoms with van der Waals surface area (Å²) in [7, 11) is 0. The van der Waals surface area contributed by atoms with E-state index in [2.05, 4.69) is 6.92 Å². The summed E-state index contributed by atoms with van der Waals surface area (Å²) in [6.07, 6.45) is 1.96. The Balaban J connectivity index is 2.36. The Hall–Kier alpha value is -0.0500. The molecule has 1 aliphatic carbocycles. The van der Waals surface area contributed by atoms with E-state index in [1.807, 2.05) is 11.4 Å². The molecule has 1 aromatic rings. The van der Waals surface area contributed by atoms with Crippen LogP contribution in [-0.4, -0.2) is 5.11 Å². The molecule has 0 amide bonds. The molecule has 0 spiro atoms. The maximum absolute atomic E-state index is 10.1. The van der Waals surface area contributed by atoms with Crippen molar-refractivity contribution in [3.8, 4) is 0 Å². The summed E-state index contributed by atoms with van der Waals surface area (Å²) in [5, 5.41) is 12.8. The minimum absolute atomic E-state index is 0.355. The van der Waals surface area contributed by atoms with Crippen molar-refractivity contribution in [2.45, 2.75) is 25.4 Å². The summed E-state index contributed by atoms with van der Waals surface area (Å²) >= 11 is 7.51. The number of hydrogen-bond acceptors (Lipinski definition) is 2. The molecule has 2 unspecified atom stereocenters. The minimum atomic E-state index is -0.620. The first-order chi connectivity index (χ1) is 5.64. The summed E-state index contributed by atoms with van der Waals surface area (Å²) in [6, 6.07) is 1.85. The number of hydrogen-bond donors (Lipinski definition) is 1. The van der Waals surface area contributed by atoms with E-state index in [-0.39, 0.29) is 0 Å². The maximum atomic E-state index is 10.1. The number of halogens is 1. The fourth-order valence-corrected chi connectivity index (χ4v) is 3.11. The van der Waals surface area contributed by atoms with Gasteiger partial charge in [0.25, 0.3) is 0 Å². The van der Waals surface area contributed by atoms with Gasteiger partial charge in [-0.1, -0.05) is 18.5 Å². The molecule has 0 bridgehead atoms. The zero-order chi connectivity index (χ0) is 8.77. The van der Waals surface area contributed by atoms with Crippen LogP contribution in [0.5, 0.6) is 0 Å². The molecule has 1 heterocycles. The quantitative estimate of drug-likeness (QED) is 0.743. The van der Waals surface area contributed by atoms with E-state index in [1.165, 1.54) is 0 Å². The summed E-state index contributed by atoms with van der Waals surface area (Å²) < 4.78 is 0. The van der Waals surface area contributed by atoms with Gasteiger partial charge in [0, 0.05) is 0 Å². The third-order valence-electron chi connectivity index (χ3n) is 2.78. The molecule has 1 N–H and O–H groups in total. The van der Waals surface area contributed by atoms with Gasteiger partial charge in [-0.25, -0.2) is 0 Å². The SMILES string of the molecule is CC1CCC1(O)c1sccc1Cl. The Labute approximate surface area is 81.0 Å². The molecule has 1 aromatic heterocycles. The zero-order valence-electron chi connectivity index (χ0n) is 6.88. The fourth-order valence-electron chi connectivity index (χ4n) is 1.65. The van der Waals surface area contributed by atoms with E-state index in [0.717, 1.165) is 17.7 Å². The van der Waals surface area contributed by atoms with Crippen LogP contribution in [0.1, 0.15) is 24.6 Å². The summed E-state index contributed by atoms with van der Waals surface area (Å²) in [4.78, 5) is 0.947. The lowest BCUT2D eigenvalue weighted by Crippen LogP contribution is -2.41. The average molecular weight is 203 g/mol. The molecule has 0 radical (unpaired) electrons. The van der Waals surface area contributed by atoms with E-state index >= 15 is 0 Å².